The fourth-order valence-corrected chi connectivity index (χ4v) is 2.73. The summed E-state index contributed by atoms with van der Waals surface area (Å²) in [5, 5.41) is 4.47. The third-order valence-corrected chi connectivity index (χ3v) is 4.18. The molecular formula is C8H12BrN3S. The SMILES string of the molecule is Cc1nc(N2CCNCC2)sc1Br. The third-order valence-electron chi connectivity index (χ3n) is 2.12. The van der Waals surface area contributed by atoms with E-state index in [1.165, 1.54) is 0 Å². The molecule has 2 heterocycles. The van der Waals surface area contributed by atoms with Crippen molar-refractivity contribution in [2.45, 2.75) is 6.92 Å². The first-order chi connectivity index (χ1) is 6.27. The van der Waals surface area contributed by atoms with Gasteiger partial charge >= 0.3 is 0 Å². The summed E-state index contributed by atoms with van der Waals surface area (Å²) in [6, 6.07) is 0. The van der Waals surface area contributed by atoms with Gasteiger partial charge in [-0.25, -0.2) is 4.98 Å². The number of rotatable bonds is 1. The van der Waals surface area contributed by atoms with Crippen LogP contribution in [0.2, 0.25) is 0 Å². The molecule has 1 fully saturated rings. The van der Waals surface area contributed by atoms with Crippen LogP contribution < -0.4 is 10.2 Å². The highest BCUT2D eigenvalue weighted by atomic mass is 79.9. The molecule has 0 radical (unpaired) electrons. The van der Waals surface area contributed by atoms with E-state index < -0.39 is 0 Å². The second-order valence-corrected chi connectivity index (χ2v) is 5.39. The van der Waals surface area contributed by atoms with E-state index in [1.54, 1.807) is 11.3 Å². The summed E-state index contributed by atoms with van der Waals surface area (Å²) in [5.74, 6) is 0. The van der Waals surface area contributed by atoms with Gasteiger partial charge in [-0.2, -0.15) is 0 Å². The Morgan fingerprint density at radius 3 is 2.69 bits per heavy atom. The van der Waals surface area contributed by atoms with Crippen LogP contribution in [0.3, 0.4) is 0 Å². The van der Waals surface area contributed by atoms with Crippen molar-refractivity contribution in [2.24, 2.45) is 0 Å². The van der Waals surface area contributed by atoms with Gasteiger partial charge < -0.3 is 10.2 Å². The first kappa shape index (κ1) is 9.43. The van der Waals surface area contributed by atoms with Gasteiger partial charge in [-0.1, -0.05) is 11.3 Å². The number of hydrogen-bond acceptors (Lipinski definition) is 4. The number of hydrogen-bond donors (Lipinski definition) is 1. The van der Waals surface area contributed by atoms with Crippen LogP contribution in [0.5, 0.6) is 0 Å². The molecular weight excluding hydrogens is 250 g/mol. The van der Waals surface area contributed by atoms with Crippen molar-refractivity contribution >= 4 is 32.4 Å². The minimum absolute atomic E-state index is 1.07. The van der Waals surface area contributed by atoms with Gasteiger partial charge in [0.05, 0.1) is 9.48 Å². The Labute approximate surface area is 90.3 Å². The molecule has 1 N–H and O–H groups in total. The summed E-state index contributed by atoms with van der Waals surface area (Å²) in [6.07, 6.45) is 0. The smallest absolute Gasteiger partial charge is 0.186 e. The van der Waals surface area contributed by atoms with Gasteiger partial charge in [0, 0.05) is 26.2 Å². The Kier molecular flexibility index (Phi) is 2.86. The largest absolute Gasteiger partial charge is 0.346 e. The Morgan fingerprint density at radius 2 is 2.15 bits per heavy atom. The molecule has 0 aliphatic carbocycles. The predicted molar refractivity (Wildman–Crippen MR) is 59.6 cm³/mol. The van der Waals surface area contributed by atoms with Crippen molar-refractivity contribution in [3.05, 3.63) is 9.48 Å². The van der Waals surface area contributed by atoms with Gasteiger partial charge in [-0.05, 0) is 22.9 Å². The molecule has 0 spiro atoms. The lowest BCUT2D eigenvalue weighted by Gasteiger charge is -2.26. The monoisotopic (exact) mass is 261 g/mol. The van der Waals surface area contributed by atoms with E-state index in [-0.39, 0.29) is 0 Å². The fourth-order valence-electron chi connectivity index (χ4n) is 1.36. The standard InChI is InChI=1S/C8H12BrN3S/c1-6-7(9)13-8(11-6)12-4-2-10-3-5-12/h10H,2-5H2,1H3. The molecule has 2 rings (SSSR count). The molecule has 1 aromatic heterocycles. The van der Waals surface area contributed by atoms with Crippen molar-refractivity contribution in [3.8, 4) is 0 Å². The van der Waals surface area contributed by atoms with Crippen LogP contribution in [0, 0.1) is 6.92 Å². The minimum Gasteiger partial charge on any atom is -0.346 e. The predicted octanol–water partition coefficient (Wildman–Crippen LogP) is 1.62. The maximum absolute atomic E-state index is 4.50. The average Bonchev–Trinajstić information content (AvgIpc) is 2.49. The molecule has 0 unspecified atom stereocenters. The summed E-state index contributed by atoms with van der Waals surface area (Å²) in [6.45, 7) is 6.30. The van der Waals surface area contributed by atoms with Crippen molar-refractivity contribution in [2.75, 3.05) is 31.1 Å². The minimum atomic E-state index is 1.07. The summed E-state index contributed by atoms with van der Waals surface area (Å²) < 4.78 is 1.15. The van der Waals surface area contributed by atoms with Gasteiger partial charge in [0.25, 0.3) is 0 Å². The number of thiazole rings is 1. The fraction of sp³-hybridized carbons (Fsp3) is 0.625. The molecule has 72 valence electrons. The number of aryl methyl sites for hydroxylation is 1. The molecule has 0 atom stereocenters. The maximum atomic E-state index is 4.50. The Balaban J connectivity index is 2.14. The van der Waals surface area contributed by atoms with Gasteiger partial charge in [0.1, 0.15) is 0 Å². The normalized spacial score (nSPS) is 17.8. The second kappa shape index (κ2) is 3.94. The quantitative estimate of drug-likeness (QED) is 0.833. The molecule has 1 aliphatic heterocycles. The molecule has 13 heavy (non-hydrogen) atoms. The molecule has 0 aromatic carbocycles. The van der Waals surface area contributed by atoms with E-state index >= 15 is 0 Å². The molecule has 0 amide bonds. The summed E-state index contributed by atoms with van der Waals surface area (Å²) in [4.78, 5) is 6.84. The lowest BCUT2D eigenvalue weighted by Crippen LogP contribution is -2.43. The van der Waals surface area contributed by atoms with E-state index in [9.17, 15) is 0 Å². The molecule has 3 nitrogen and oxygen atoms in total. The topological polar surface area (TPSA) is 28.2 Å². The highest BCUT2D eigenvalue weighted by molar-refractivity contribution is 9.11. The maximum Gasteiger partial charge on any atom is 0.186 e. The molecule has 0 saturated carbocycles. The Bertz CT molecular complexity index is 274. The number of nitrogens with zero attached hydrogens (tertiary/aromatic N) is 2. The molecule has 1 saturated heterocycles. The van der Waals surface area contributed by atoms with Crippen LogP contribution in [-0.2, 0) is 0 Å². The summed E-state index contributed by atoms with van der Waals surface area (Å²) >= 11 is 5.22. The molecule has 0 bridgehead atoms. The van der Waals surface area contributed by atoms with Crippen molar-refractivity contribution in [1.82, 2.24) is 10.3 Å². The van der Waals surface area contributed by atoms with Crippen LogP contribution in [-0.4, -0.2) is 31.2 Å². The number of piperazine rings is 1. The zero-order valence-corrected chi connectivity index (χ0v) is 9.91. The number of anilines is 1. The van der Waals surface area contributed by atoms with Crippen LogP contribution in [0.4, 0.5) is 5.13 Å². The Hall–Kier alpha value is -0.130. The van der Waals surface area contributed by atoms with Crippen molar-refractivity contribution < 1.29 is 0 Å². The van der Waals surface area contributed by atoms with Gasteiger partial charge in [-0.3, -0.25) is 0 Å². The average molecular weight is 262 g/mol. The highest BCUT2D eigenvalue weighted by Crippen LogP contribution is 2.30. The number of aromatic nitrogens is 1. The van der Waals surface area contributed by atoms with Gasteiger partial charge in [0.2, 0.25) is 0 Å². The van der Waals surface area contributed by atoms with E-state index in [0.717, 1.165) is 40.8 Å². The number of nitrogens with one attached hydrogen (secondary N) is 1. The third kappa shape index (κ3) is 2.03. The Morgan fingerprint density at radius 1 is 1.46 bits per heavy atom. The molecule has 5 heteroatoms. The highest BCUT2D eigenvalue weighted by Gasteiger charge is 2.14. The van der Waals surface area contributed by atoms with Crippen molar-refractivity contribution in [1.29, 1.82) is 0 Å². The van der Waals surface area contributed by atoms with Gasteiger partial charge in [0.15, 0.2) is 5.13 Å². The summed E-state index contributed by atoms with van der Waals surface area (Å²) in [7, 11) is 0. The lowest BCUT2D eigenvalue weighted by atomic mass is 10.4. The number of halogens is 1. The van der Waals surface area contributed by atoms with Crippen molar-refractivity contribution in [3.63, 3.8) is 0 Å². The van der Waals surface area contributed by atoms with E-state index in [4.69, 9.17) is 0 Å². The first-order valence-electron chi connectivity index (χ1n) is 4.36. The second-order valence-electron chi connectivity index (χ2n) is 3.09. The van der Waals surface area contributed by atoms with Crippen LogP contribution in [0.1, 0.15) is 5.69 Å². The molecule has 1 aliphatic rings. The molecule has 1 aromatic rings. The zero-order valence-electron chi connectivity index (χ0n) is 7.51. The van der Waals surface area contributed by atoms with E-state index in [1.807, 2.05) is 6.92 Å². The van der Waals surface area contributed by atoms with E-state index in [0.29, 0.717) is 0 Å². The van der Waals surface area contributed by atoms with Crippen LogP contribution in [0.15, 0.2) is 3.79 Å². The van der Waals surface area contributed by atoms with Crippen LogP contribution >= 0.6 is 27.3 Å². The summed E-state index contributed by atoms with van der Waals surface area (Å²) in [5.41, 5.74) is 1.10. The van der Waals surface area contributed by atoms with Crippen LogP contribution in [0.25, 0.3) is 0 Å². The lowest BCUT2D eigenvalue weighted by molar-refractivity contribution is 0.588. The van der Waals surface area contributed by atoms with Gasteiger partial charge in [-0.15, -0.1) is 0 Å². The first-order valence-corrected chi connectivity index (χ1v) is 5.97. The van der Waals surface area contributed by atoms with E-state index in [2.05, 4.69) is 31.1 Å². The zero-order chi connectivity index (χ0) is 9.26.